The van der Waals surface area contributed by atoms with Gasteiger partial charge in [-0.2, -0.15) is 0 Å². The van der Waals surface area contributed by atoms with Crippen molar-refractivity contribution in [1.29, 1.82) is 0 Å². The van der Waals surface area contributed by atoms with Crippen molar-refractivity contribution in [2.45, 2.75) is 20.8 Å². The highest BCUT2D eigenvalue weighted by Gasteiger charge is 2.22. The van der Waals surface area contributed by atoms with Gasteiger partial charge in [-0.25, -0.2) is 0 Å². The molecule has 2 nitrogen and oxygen atoms in total. The minimum atomic E-state index is -0.464. The Hall–Kier alpha value is -1.75. The normalized spacial score (nSPS) is 10.2. The molecular formula is C14H16O2. The second-order valence-corrected chi connectivity index (χ2v) is 4.49. The van der Waals surface area contributed by atoms with Crippen LogP contribution in [0.1, 0.15) is 26.3 Å². The zero-order valence-corrected chi connectivity index (χ0v) is 9.91. The number of benzene rings is 1. The summed E-state index contributed by atoms with van der Waals surface area (Å²) in [6.07, 6.45) is 0. The fraction of sp³-hybridized carbons (Fsp3) is 0.357. The molecule has 0 heterocycles. The Bertz CT molecular complexity index is 402. The van der Waals surface area contributed by atoms with E-state index in [2.05, 4.69) is 11.8 Å². The maximum absolute atomic E-state index is 11.4. The summed E-state index contributed by atoms with van der Waals surface area (Å²) in [5.74, 6) is 5.51. The Morgan fingerprint density at radius 1 is 1.25 bits per heavy atom. The third kappa shape index (κ3) is 4.18. The average Bonchev–Trinajstić information content (AvgIpc) is 2.24. The predicted molar refractivity (Wildman–Crippen MR) is 63.7 cm³/mol. The van der Waals surface area contributed by atoms with Gasteiger partial charge in [0.05, 0.1) is 5.41 Å². The smallest absolute Gasteiger partial charge is 0.312 e. The molecule has 0 radical (unpaired) electrons. The molecule has 0 aliphatic carbocycles. The Labute approximate surface area is 96.6 Å². The molecule has 16 heavy (non-hydrogen) atoms. The molecule has 0 unspecified atom stereocenters. The second-order valence-electron chi connectivity index (χ2n) is 4.49. The number of hydrogen-bond donors (Lipinski definition) is 0. The van der Waals surface area contributed by atoms with Crippen LogP contribution in [0.5, 0.6) is 0 Å². The highest BCUT2D eigenvalue weighted by Crippen LogP contribution is 2.14. The van der Waals surface area contributed by atoms with Crippen LogP contribution in [-0.4, -0.2) is 12.6 Å². The van der Waals surface area contributed by atoms with Gasteiger partial charge in [0, 0.05) is 5.56 Å². The van der Waals surface area contributed by atoms with Crippen molar-refractivity contribution < 1.29 is 9.53 Å². The predicted octanol–water partition coefficient (Wildman–Crippen LogP) is 2.63. The molecule has 0 saturated carbocycles. The molecule has 1 rings (SSSR count). The maximum atomic E-state index is 11.4. The van der Waals surface area contributed by atoms with E-state index in [4.69, 9.17) is 4.74 Å². The number of carbonyl (C=O) groups is 1. The second kappa shape index (κ2) is 5.37. The van der Waals surface area contributed by atoms with Crippen LogP contribution in [0.4, 0.5) is 0 Å². The standard InChI is InChI=1S/C14H16O2/c1-14(2,3)13(15)16-11-7-10-12-8-5-4-6-9-12/h4-6,8-9H,11H2,1-3H3. The molecule has 1 aromatic carbocycles. The number of ether oxygens (including phenoxy) is 1. The fourth-order valence-corrected chi connectivity index (χ4v) is 0.978. The SMILES string of the molecule is CC(C)(C)C(=O)OCC#Cc1ccccc1. The van der Waals surface area contributed by atoms with Crippen LogP contribution in [0.25, 0.3) is 0 Å². The Morgan fingerprint density at radius 2 is 1.88 bits per heavy atom. The molecule has 0 saturated heterocycles. The molecule has 0 fully saturated rings. The number of rotatable bonds is 1. The summed E-state index contributed by atoms with van der Waals surface area (Å²) in [7, 11) is 0. The van der Waals surface area contributed by atoms with Gasteiger partial charge < -0.3 is 4.74 Å². The maximum Gasteiger partial charge on any atom is 0.312 e. The van der Waals surface area contributed by atoms with Crippen molar-refractivity contribution in [1.82, 2.24) is 0 Å². The van der Waals surface area contributed by atoms with E-state index in [0.29, 0.717) is 0 Å². The quantitative estimate of drug-likeness (QED) is 0.533. The zero-order valence-electron chi connectivity index (χ0n) is 9.91. The topological polar surface area (TPSA) is 26.3 Å². The lowest BCUT2D eigenvalue weighted by Gasteiger charge is -2.14. The molecule has 0 aliphatic heterocycles. The van der Waals surface area contributed by atoms with Crippen molar-refractivity contribution >= 4 is 5.97 Å². The third-order valence-electron chi connectivity index (χ3n) is 1.89. The summed E-state index contributed by atoms with van der Waals surface area (Å²) in [5.41, 5.74) is 0.461. The van der Waals surface area contributed by atoms with Crippen molar-refractivity contribution in [2.75, 3.05) is 6.61 Å². The van der Waals surface area contributed by atoms with E-state index in [1.165, 1.54) is 0 Å². The highest BCUT2D eigenvalue weighted by atomic mass is 16.5. The molecule has 1 aromatic rings. The lowest BCUT2D eigenvalue weighted by Crippen LogP contribution is -2.22. The van der Waals surface area contributed by atoms with Crippen molar-refractivity contribution in [3.05, 3.63) is 35.9 Å². The van der Waals surface area contributed by atoms with E-state index in [1.807, 2.05) is 51.1 Å². The van der Waals surface area contributed by atoms with Crippen LogP contribution in [-0.2, 0) is 9.53 Å². The fourth-order valence-electron chi connectivity index (χ4n) is 0.978. The van der Waals surface area contributed by atoms with Gasteiger partial charge in [0.2, 0.25) is 0 Å². The molecule has 0 amide bonds. The van der Waals surface area contributed by atoms with Gasteiger partial charge in [-0.3, -0.25) is 4.79 Å². The molecule has 0 aromatic heterocycles. The van der Waals surface area contributed by atoms with Gasteiger partial charge in [-0.05, 0) is 32.9 Å². The van der Waals surface area contributed by atoms with E-state index < -0.39 is 5.41 Å². The summed E-state index contributed by atoms with van der Waals surface area (Å²) in [5, 5.41) is 0. The zero-order chi connectivity index (χ0) is 12.0. The van der Waals surface area contributed by atoms with Crippen LogP contribution in [0.15, 0.2) is 30.3 Å². The molecule has 2 heteroatoms. The molecule has 0 aliphatic rings. The Balaban J connectivity index is 2.43. The summed E-state index contributed by atoms with van der Waals surface area (Å²) in [6.45, 7) is 5.60. The molecule has 0 atom stereocenters. The highest BCUT2D eigenvalue weighted by molar-refractivity contribution is 5.75. The van der Waals surface area contributed by atoms with Gasteiger partial charge in [0.15, 0.2) is 6.61 Å². The van der Waals surface area contributed by atoms with E-state index in [1.54, 1.807) is 0 Å². The monoisotopic (exact) mass is 216 g/mol. The van der Waals surface area contributed by atoms with Crippen LogP contribution in [0.2, 0.25) is 0 Å². The van der Waals surface area contributed by atoms with Crippen LogP contribution in [0, 0.1) is 17.3 Å². The summed E-state index contributed by atoms with van der Waals surface area (Å²) < 4.78 is 5.02. The Morgan fingerprint density at radius 3 is 2.44 bits per heavy atom. The summed E-state index contributed by atoms with van der Waals surface area (Å²) in [4.78, 5) is 11.4. The van der Waals surface area contributed by atoms with E-state index >= 15 is 0 Å². The van der Waals surface area contributed by atoms with Crippen LogP contribution >= 0.6 is 0 Å². The van der Waals surface area contributed by atoms with Gasteiger partial charge in [-0.15, -0.1) is 0 Å². The molecule has 84 valence electrons. The molecular weight excluding hydrogens is 200 g/mol. The molecule has 0 N–H and O–H groups in total. The Kier molecular flexibility index (Phi) is 4.13. The average molecular weight is 216 g/mol. The van der Waals surface area contributed by atoms with E-state index in [9.17, 15) is 4.79 Å². The number of esters is 1. The van der Waals surface area contributed by atoms with Crippen molar-refractivity contribution in [3.63, 3.8) is 0 Å². The molecule has 0 spiro atoms. The van der Waals surface area contributed by atoms with E-state index in [0.717, 1.165) is 5.56 Å². The third-order valence-corrected chi connectivity index (χ3v) is 1.89. The van der Waals surface area contributed by atoms with Gasteiger partial charge in [0.1, 0.15) is 0 Å². The minimum Gasteiger partial charge on any atom is -0.452 e. The number of hydrogen-bond acceptors (Lipinski definition) is 2. The largest absolute Gasteiger partial charge is 0.452 e. The first kappa shape index (κ1) is 12.3. The van der Waals surface area contributed by atoms with E-state index in [-0.39, 0.29) is 12.6 Å². The van der Waals surface area contributed by atoms with Crippen LogP contribution < -0.4 is 0 Å². The van der Waals surface area contributed by atoms with Crippen molar-refractivity contribution in [3.8, 4) is 11.8 Å². The lowest BCUT2D eigenvalue weighted by atomic mass is 9.97. The van der Waals surface area contributed by atoms with Gasteiger partial charge in [0.25, 0.3) is 0 Å². The van der Waals surface area contributed by atoms with Crippen LogP contribution in [0.3, 0.4) is 0 Å². The van der Waals surface area contributed by atoms with Crippen molar-refractivity contribution in [2.24, 2.45) is 5.41 Å². The lowest BCUT2D eigenvalue weighted by molar-refractivity contribution is -0.151. The first-order chi connectivity index (χ1) is 7.50. The first-order valence-corrected chi connectivity index (χ1v) is 5.21. The first-order valence-electron chi connectivity index (χ1n) is 5.21. The molecule has 0 bridgehead atoms. The number of carbonyl (C=O) groups excluding carboxylic acids is 1. The summed E-state index contributed by atoms with van der Waals surface area (Å²) >= 11 is 0. The summed E-state index contributed by atoms with van der Waals surface area (Å²) in [6, 6.07) is 9.61. The van der Waals surface area contributed by atoms with Gasteiger partial charge >= 0.3 is 5.97 Å². The van der Waals surface area contributed by atoms with Gasteiger partial charge in [-0.1, -0.05) is 30.0 Å². The minimum absolute atomic E-state index is 0.144.